The van der Waals surface area contributed by atoms with E-state index in [4.69, 9.17) is 0 Å². The van der Waals surface area contributed by atoms with Crippen LogP contribution < -0.4 is 0 Å². The van der Waals surface area contributed by atoms with Gasteiger partial charge >= 0.3 is 0 Å². The molecular weight excluding hydrogens is 853 g/mol. The molecule has 0 saturated heterocycles. The molecule has 0 saturated carbocycles. The van der Waals surface area contributed by atoms with Gasteiger partial charge in [-0.05, 0) is 83.3 Å². The van der Waals surface area contributed by atoms with E-state index < -0.39 is 10.8 Å². The maximum absolute atomic E-state index is 12.4. The van der Waals surface area contributed by atoms with E-state index in [1.54, 1.807) is 0 Å². The van der Waals surface area contributed by atoms with E-state index >= 15 is 0 Å². The molecule has 6 heteroatoms. The lowest BCUT2D eigenvalue weighted by Crippen LogP contribution is -2.36. The molecule has 70 heavy (non-hydrogen) atoms. The topological polar surface area (TPSA) is 47.9 Å². The molecule has 0 spiro atoms. The van der Waals surface area contributed by atoms with Crippen LogP contribution >= 0.6 is 0 Å². The first-order valence-electron chi connectivity index (χ1n) is 24.3. The second-order valence-electron chi connectivity index (χ2n) is 20.5. The van der Waals surface area contributed by atoms with Crippen molar-refractivity contribution in [3.05, 3.63) is 210 Å². The van der Waals surface area contributed by atoms with Gasteiger partial charge in [-0.2, -0.15) is 5.26 Å². The lowest BCUT2D eigenvalue weighted by Gasteiger charge is -2.45. The van der Waals surface area contributed by atoms with Gasteiger partial charge in [-0.1, -0.05) is 161 Å². The molecular formula is C64H46N6. The predicted molar refractivity (Wildman–Crippen MR) is 290 cm³/mol. The monoisotopic (exact) mass is 898 g/mol. The van der Waals surface area contributed by atoms with Gasteiger partial charge < -0.3 is 18.3 Å². The number of hydrogen-bond acceptors (Lipinski definition) is 1. The van der Waals surface area contributed by atoms with Gasteiger partial charge in [0.25, 0.3) is 0 Å². The van der Waals surface area contributed by atoms with Crippen LogP contribution in [-0.2, 0) is 10.8 Å². The number of aromatic nitrogens is 4. The van der Waals surface area contributed by atoms with Gasteiger partial charge in [0.05, 0.1) is 67.6 Å². The van der Waals surface area contributed by atoms with Crippen LogP contribution in [-0.4, -0.2) is 18.3 Å². The number of rotatable bonds is 4. The highest BCUT2D eigenvalue weighted by Crippen LogP contribution is 2.57. The molecule has 332 valence electrons. The van der Waals surface area contributed by atoms with Gasteiger partial charge in [0.2, 0.25) is 5.69 Å². The second-order valence-corrected chi connectivity index (χ2v) is 20.5. The van der Waals surface area contributed by atoms with Crippen molar-refractivity contribution in [1.29, 1.82) is 5.26 Å². The third-order valence-electron chi connectivity index (χ3n) is 15.8. The fraction of sp³-hybridized carbons (Fsp3) is 0.125. The Kier molecular flexibility index (Phi) is 8.25. The second kappa shape index (κ2) is 14.3. The van der Waals surface area contributed by atoms with Crippen LogP contribution in [0.2, 0.25) is 0 Å². The van der Waals surface area contributed by atoms with Crippen molar-refractivity contribution in [1.82, 2.24) is 18.3 Å². The van der Waals surface area contributed by atoms with Crippen LogP contribution in [0.25, 0.3) is 115 Å². The van der Waals surface area contributed by atoms with Crippen molar-refractivity contribution in [2.24, 2.45) is 0 Å². The minimum absolute atomic E-state index is 0.407. The molecule has 1 aliphatic carbocycles. The highest BCUT2D eigenvalue weighted by atomic mass is 15.1. The van der Waals surface area contributed by atoms with E-state index in [-0.39, 0.29) is 0 Å². The van der Waals surface area contributed by atoms with Crippen molar-refractivity contribution < 1.29 is 0 Å². The Balaban J connectivity index is 1.27. The summed E-state index contributed by atoms with van der Waals surface area (Å²) in [6, 6.07) is 67.8. The van der Waals surface area contributed by atoms with Crippen LogP contribution in [0.1, 0.15) is 57.2 Å². The van der Waals surface area contributed by atoms with Gasteiger partial charge in [-0.3, -0.25) is 0 Å². The zero-order valence-electron chi connectivity index (χ0n) is 39.4. The molecule has 13 aromatic rings. The fourth-order valence-corrected chi connectivity index (χ4v) is 12.7. The first-order valence-corrected chi connectivity index (χ1v) is 24.3. The van der Waals surface area contributed by atoms with Crippen LogP contribution in [0.15, 0.2) is 182 Å². The third kappa shape index (κ3) is 5.20. The lowest BCUT2D eigenvalue weighted by atomic mass is 9.61. The summed E-state index contributed by atoms with van der Waals surface area (Å²) in [6.45, 7) is 18.7. The Labute approximate surface area is 404 Å². The van der Waals surface area contributed by atoms with Crippen molar-refractivity contribution in [3.63, 3.8) is 0 Å². The summed E-state index contributed by atoms with van der Waals surface area (Å²) in [6.07, 6.45) is 1.78. The first kappa shape index (κ1) is 40.2. The molecule has 0 fully saturated rings. The number of fused-ring (bicyclic) bond motifs is 15. The minimum Gasteiger partial charge on any atom is -0.316 e. The van der Waals surface area contributed by atoms with E-state index in [9.17, 15) is 11.8 Å². The summed E-state index contributed by atoms with van der Waals surface area (Å²) < 4.78 is 9.54. The molecule has 6 nitrogen and oxygen atoms in total. The first-order chi connectivity index (χ1) is 34.2. The molecule has 4 heterocycles. The van der Waals surface area contributed by atoms with Crippen LogP contribution in [0.5, 0.6) is 0 Å². The number of benzene rings is 9. The summed E-state index contributed by atoms with van der Waals surface area (Å²) in [5, 5.41) is 21.3. The van der Waals surface area contributed by atoms with Crippen molar-refractivity contribution in [3.8, 4) is 28.8 Å². The fourth-order valence-electron chi connectivity index (χ4n) is 12.7. The van der Waals surface area contributed by atoms with E-state index in [2.05, 4.69) is 239 Å². The highest BCUT2D eigenvalue weighted by Gasteiger charge is 2.45. The lowest BCUT2D eigenvalue weighted by molar-refractivity contribution is 0.332. The molecule has 0 atom stereocenters. The summed E-state index contributed by atoms with van der Waals surface area (Å²) in [5.74, 6) is 0. The zero-order chi connectivity index (χ0) is 47.2. The molecule has 4 aromatic heterocycles. The quantitative estimate of drug-likeness (QED) is 0.162. The molecule has 9 aromatic carbocycles. The molecule has 0 unspecified atom stereocenters. The van der Waals surface area contributed by atoms with Crippen LogP contribution in [0.3, 0.4) is 0 Å². The summed E-state index contributed by atoms with van der Waals surface area (Å²) in [4.78, 5) is 4.66. The number of nitrogens with zero attached hydrogens (tertiary/aromatic N) is 6. The van der Waals surface area contributed by atoms with E-state index in [1.165, 1.54) is 0 Å². The van der Waals surface area contributed by atoms with Crippen molar-refractivity contribution in [2.75, 3.05) is 0 Å². The Hall–Kier alpha value is -8.84. The molecule has 1 aliphatic rings. The van der Waals surface area contributed by atoms with Crippen molar-refractivity contribution in [2.45, 2.75) is 51.4 Å². The molecule has 0 radical (unpaired) electrons. The van der Waals surface area contributed by atoms with Gasteiger partial charge in [0, 0.05) is 54.5 Å². The van der Waals surface area contributed by atoms with E-state index in [0.29, 0.717) is 16.9 Å². The smallest absolute Gasteiger partial charge is 0.216 e. The summed E-state index contributed by atoms with van der Waals surface area (Å²) in [5.41, 5.74) is 14.2. The van der Waals surface area contributed by atoms with Gasteiger partial charge in [0.1, 0.15) is 6.07 Å². The number of nitriles is 1. The average molecular weight is 899 g/mol. The maximum atomic E-state index is 12.4. The molecule has 0 bridgehead atoms. The Morgan fingerprint density at radius 3 is 1.11 bits per heavy atom. The predicted octanol–water partition coefficient (Wildman–Crippen LogP) is 16.8. The van der Waals surface area contributed by atoms with E-state index in [0.717, 1.165) is 128 Å². The SMILES string of the molecule is [C-]#[N+]c1c(-n2c3ccccc3c3ccc4c5ccccc5n(-c5ccccc5)c4c32)c(C#N)c(-n2c3ccccc3c3ccc4c5ccccc5n(-c5ccccc5)c4c32)c2c1C(C)(C)CCC2(C)C. The van der Waals surface area contributed by atoms with Gasteiger partial charge in [0.15, 0.2) is 0 Å². The van der Waals surface area contributed by atoms with Gasteiger partial charge in [-0.25, -0.2) is 4.85 Å². The third-order valence-corrected chi connectivity index (χ3v) is 15.8. The minimum atomic E-state index is -0.414. The Morgan fingerprint density at radius 2 is 0.729 bits per heavy atom. The summed E-state index contributed by atoms with van der Waals surface area (Å²) >= 11 is 0. The largest absolute Gasteiger partial charge is 0.316 e. The molecule has 14 rings (SSSR count). The van der Waals surface area contributed by atoms with Crippen molar-refractivity contribution >= 4 is 92.9 Å². The van der Waals surface area contributed by atoms with Crippen LogP contribution in [0, 0.1) is 17.9 Å². The van der Waals surface area contributed by atoms with Gasteiger partial charge in [-0.15, -0.1) is 0 Å². The molecule has 0 amide bonds. The average Bonchev–Trinajstić information content (AvgIpc) is 4.12. The van der Waals surface area contributed by atoms with E-state index in [1.807, 2.05) is 0 Å². The standard InChI is InChI=1S/C64H46N6/c1-63(2)36-37-64(3,4)55-54(63)56(66-5)58(70-53-31-19-15-27-44(53)48-35-33-46-42-25-13-17-29-51(42)68(60(46)62(48)70)40-22-10-7-11-23-40)49(38-65)57(55)69-52-30-18-14-26-43(52)47-34-32-45-41-24-12-16-28-50(41)67(59(45)61(47)69)39-20-8-6-9-21-39/h6-35H,36-37H2,1-4H3. The summed E-state index contributed by atoms with van der Waals surface area (Å²) in [7, 11) is 0. The number of para-hydroxylation sites is 6. The Bertz CT molecular complexity index is 4480. The zero-order valence-corrected chi connectivity index (χ0v) is 39.4. The normalized spacial score (nSPS) is 14.4. The Morgan fingerprint density at radius 1 is 0.400 bits per heavy atom. The molecule has 0 aliphatic heterocycles. The number of hydrogen-bond donors (Lipinski definition) is 0. The highest BCUT2D eigenvalue weighted by molar-refractivity contribution is 6.26. The maximum Gasteiger partial charge on any atom is 0.216 e. The van der Waals surface area contributed by atoms with Crippen LogP contribution in [0.4, 0.5) is 5.69 Å². The molecule has 0 N–H and O–H groups in total.